The van der Waals surface area contributed by atoms with Gasteiger partial charge in [-0.1, -0.05) is 26.0 Å². The second kappa shape index (κ2) is 10.4. The Morgan fingerprint density at radius 1 is 1.00 bits per heavy atom. The number of nitrogens with zero attached hydrogens (tertiary/aromatic N) is 1. The fraction of sp³-hybridized carbons (Fsp3) is 0.364. The van der Waals surface area contributed by atoms with Gasteiger partial charge in [0, 0.05) is 11.3 Å². The van der Waals surface area contributed by atoms with Gasteiger partial charge in [0.25, 0.3) is 5.91 Å². The molecule has 0 aromatic heterocycles. The van der Waals surface area contributed by atoms with Crippen molar-refractivity contribution in [2.24, 2.45) is 11.0 Å². The summed E-state index contributed by atoms with van der Waals surface area (Å²) in [5.41, 5.74) is 5.07. The van der Waals surface area contributed by atoms with Crippen molar-refractivity contribution in [3.05, 3.63) is 59.7 Å². The van der Waals surface area contributed by atoms with E-state index in [4.69, 9.17) is 9.47 Å². The Hall–Kier alpha value is -2.82. The quantitative estimate of drug-likeness (QED) is 0.510. The fourth-order valence-corrected chi connectivity index (χ4v) is 2.56. The van der Waals surface area contributed by atoms with Crippen LogP contribution >= 0.6 is 0 Å². The lowest BCUT2D eigenvalue weighted by Gasteiger charge is -2.08. The second-order valence-corrected chi connectivity index (χ2v) is 6.78. The van der Waals surface area contributed by atoms with E-state index in [1.165, 1.54) is 0 Å². The third-order valence-electron chi connectivity index (χ3n) is 3.81. The van der Waals surface area contributed by atoms with Gasteiger partial charge in [-0.15, -0.1) is 0 Å². The molecule has 5 heteroatoms. The van der Waals surface area contributed by atoms with Crippen LogP contribution < -0.4 is 14.9 Å². The Morgan fingerprint density at radius 2 is 1.59 bits per heavy atom. The molecule has 2 rings (SSSR count). The Morgan fingerprint density at radius 3 is 2.15 bits per heavy atom. The van der Waals surface area contributed by atoms with E-state index in [9.17, 15) is 4.79 Å². The number of carbonyl (C=O) groups excluding carboxylic acids is 1. The van der Waals surface area contributed by atoms with Gasteiger partial charge >= 0.3 is 0 Å². The number of nitrogens with one attached hydrogen (secondary N) is 1. The first-order chi connectivity index (χ1) is 13.0. The molecule has 2 aromatic rings. The van der Waals surface area contributed by atoms with Crippen LogP contribution in [0.5, 0.6) is 11.5 Å². The summed E-state index contributed by atoms with van der Waals surface area (Å²) in [6.45, 7) is 9.18. The van der Waals surface area contributed by atoms with Gasteiger partial charge in [0.2, 0.25) is 0 Å². The zero-order valence-corrected chi connectivity index (χ0v) is 16.5. The molecule has 1 amide bonds. The Bertz CT molecular complexity index is 750. The molecule has 27 heavy (non-hydrogen) atoms. The molecule has 0 aliphatic carbocycles. The SMILES string of the molecule is CCOc1ccc(OCc2ccc(C(=O)N/N=C(/C)CC(C)C)cc2)cc1. The van der Waals surface area contributed by atoms with Crippen LogP contribution in [0, 0.1) is 5.92 Å². The van der Waals surface area contributed by atoms with Crippen LogP contribution in [0.3, 0.4) is 0 Å². The van der Waals surface area contributed by atoms with Gasteiger partial charge in [0.15, 0.2) is 0 Å². The highest BCUT2D eigenvalue weighted by Gasteiger charge is 2.06. The first-order valence-corrected chi connectivity index (χ1v) is 9.26. The highest BCUT2D eigenvalue weighted by molar-refractivity contribution is 5.95. The van der Waals surface area contributed by atoms with Gasteiger partial charge in [-0.25, -0.2) is 5.43 Å². The normalized spacial score (nSPS) is 11.4. The average molecular weight is 368 g/mol. The largest absolute Gasteiger partial charge is 0.494 e. The van der Waals surface area contributed by atoms with Gasteiger partial charge < -0.3 is 9.47 Å². The Labute approximate surface area is 161 Å². The summed E-state index contributed by atoms with van der Waals surface area (Å²) < 4.78 is 11.2. The number of carbonyl (C=O) groups is 1. The topological polar surface area (TPSA) is 59.9 Å². The molecule has 0 saturated carbocycles. The molecule has 0 bridgehead atoms. The van der Waals surface area contributed by atoms with Crippen LogP contribution in [0.25, 0.3) is 0 Å². The molecule has 0 atom stereocenters. The summed E-state index contributed by atoms with van der Waals surface area (Å²) >= 11 is 0. The van der Waals surface area contributed by atoms with Crippen LogP contribution in [-0.2, 0) is 6.61 Å². The molecular weight excluding hydrogens is 340 g/mol. The third-order valence-corrected chi connectivity index (χ3v) is 3.81. The van der Waals surface area contributed by atoms with Crippen molar-refractivity contribution in [3.8, 4) is 11.5 Å². The maximum absolute atomic E-state index is 12.1. The summed E-state index contributed by atoms with van der Waals surface area (Å²) in [4.78, 5) is 12.1. The highest BCUT2D eigenvalue weighted by atomic mass is 16.5. The number of amides is 1. The number of rotatable bonds is 9. The molecule has 0 fully saturated rings. The maximum atomic E-state index is 12.1. The van der Waals surface area contributed by atoms with Gasteiger partial charge in [0.05, 0.1) is 6.61 Å². The monoisotopic (exact) mass is 368 g/mol. The average Bonchev–Trinajstić information content (AvgIpc) is 2.66. The van der Waals surface area contributed by atoms with Gasteiger partial charge in [0.1, 0.15) is 18.1 Å². The molecule has 0 heterocycles. The number of benzene rings is 2. The van der Waals surface area contributed by atoms with E-state index < -0.39 is 0 Å². The van der Waals surface area contributed by atoms with E-state index in [1.807, 2.05) is 50.2 Å². The van der Waals surface area contributed by atoms with E-state index in [2.05, 4.69) is 24.4 Å². The van der Waals surface area contributed by atoms with Crippen molar-refractivity contribution < 1.29 is 14.3 Å². The van der Waals surface area contributed by atoms with Crippen molar-refractivity contribution in [2.45, 2.75) is 40.7 Å². The lowest BCUT2D eigenvalue weighted by molar-refractivity contribution is 0.0954. The summed E-state index contributed by atoms with van der Waals surface area (Å²) in [6.07, 6.45) is 0.863. The number of hydrogen-bond acceptors (Lipinski definition) is 4. The molecule has 0 spiro atoms. The molecular formula is C22H28N2O3. The molecule has 0 unspecified atom stereocenters. The molecule has 0 aliphatic rings. The van der Waals surface area contributed by atoms with E-state index in [0.29, 0.717) is 24.7 Å². The van der Waals surface area contributed by atoms with Crippen LogP contribution in [0.1, 0.15) is 50.0 Å². The van der Waals surface area contributed by atoms with Crippen LogP contribution in [-0.4, -0.2) is 18.2 Å². The zero-order valence-electron chi connectivity index (χ0n) is 16.5. The van der Waals surface area contributed by atoms with E-state index in [1.54, 1.807) is 12.1 Å². The smallest absolute Gasteiger partial charge is 0.271 e. The van der Waals surface area contributed by atoms with Crippen LogP contribution in [0.4, 0.5) is 0 Å². The Balaban J connectivity index is 1.86. The minimum atomic E-state index is -0.211. The number of hydrogen-bond donors (Lipinski definition) is 1. The summed E-state index contributed by atoms with van der Waals surface area (Å²) in [5.74, 6) is 1.90. The van der Waals surface area contributed by atoms with Crippen LogP contribution in [0.15, 0.2) is 53.6 Å². The summed E-state index contributed by atoms with van der Waals surface area (Å²) in [7, 11) is 0. The number of ether oxygens (including phenoxy) is 2. The predicted octanol–water partition coefficient (Wildman–Crippen LogP) is 4.82. The molecule has 5 nitrogen and oxygen atoms in total. The lowest BCUT2D eigenvalue weighted by Crippen LogP contribution is -2.19. The third kappa shape index (κ3) is 7.13. The van der Waals surface area contributed by atoms with Crippen molar-refractivity contribution in [1.29, 1.82) is 0 Å². The highest BCUT2D eigenvalue weighted by Crippen LogP contribution is 2.18. The van der Waals surface area contributed by atoms with Gasteiger partial charge in [-0.3, -0.25) is 4.79 Å². The molecule has 1 N–H and O–H groups in total. The van der Waals surface area contributed by atoms with E-state index in [0.717, 1.165) is 29.2 Å². The Kier molecular flexibility index (Phi) is 7.86. The first kappa shape index (κ1) is 20.5. The molecule has 144 valence electrons. The molecule has 0 aliphatic heterocycles. The van der Waals surface area contributed by atoms with Crippen molar-refractivity contribution in [1.82, 2.24) is 5.43 Å². The summed E-state index contributed by atoms with van der Waals surface area (Å²) in [6, 6.07) is 14.8. The molecule has 0 saturated heterocycles. The molecule has 0 radical (unpaired) electrons. The zero-order chi connectivity index (χ0) is 19.6. The van der Waals surface area contributed by atoms with Gasteiger partial charge in [-0.05, 0) is 68.1 Å². The predicted molar refractivity (Wildman–Crippen MR) is 108 cm³/mol. The fourth-order valence-electron chi connectivity index (χ4n) is 2.56. The minimum absolute atomic E-state index is 0.211. The number of hydrazone groups is 1. The standard InChI is InChI=1S/C22H28N2O3/c1-5-26-20-10-12-21(13-11-20)27-15-18-6-8-19(9-7-18)22(25)24-23-17(4)14-16(2)3/h6-13,16H,5,14-15H2,1-4H3,(H,24,25)/b23-17-. The van der Waals surface area contributed by atoms with Crippen molar-refractivity contribution in [2.75, 3.05) is 6.61 Å². The summed E-state index contributed by atoms with van der Waals surface area (Å²) in [5, 5.41) is 4.14. The van der Waals surface area contributed by atoms with Crippen molar-refractivity contribution in [3.63, 3.8) is 0 Å². The maximum Gasteiger partial charge on any atom is 0.271 e. The van der Waals surface area contributed by atoms with Gasteiger partial charge in [-0.2, -0.15) is 5.10 Å². The minimum Gasteiger partial charge on any atom is -0.494 e. The van der Waals surface area contributed by atoms with E-state index in [-0.39, 0.29) is 5.91 Å². The molecule has 2 aromatic carbocycles. The van der Waals surface area contributed by atoms with E-state index >= 15 is 0 Å². The van der Waals surface area contributed by atoms with Crippen molar-refractivity contribution >= 4 is 11.6 Å². The lowest BCUT2D eigenvalue weighted by atomic mass is 10.1. The van der Waals surface area contributed by atoms with Crippen LogP contribution in [0.2, 0.25) is 0 Å². The second-order valence-electron chi connectivity index (χ2n) is 6.78. The first-order valence-electron chi connectivity index (χ1n) is 9.26.